The molecule has 2 aromatic heterocycles. The van der Waals surface area contributed by atoms with Crippen LogP contribution < -0.4 is 20.7 Å². The third-order valence-corrected chi connectivity index (χ3v) is 4.81. The molecule has 3 N–H and O–H groups in total. The molecule has 0 spiro atoms. The maximum atomic E-state index is 12.6. The van der Waals surface area contributed by atoms with E-state index in [9.17, 15) is 22.8 Å². The van der Waals surface area contributed by atoms with Crippen LogP contribution in [0, 0.1) is 0 Å². The van der Waals surface area contributed by atoms with Crippen molar-refractivity contribution in [2.24, 2.45) is 0 Å². The van der Waals surface area contributed by atoms with E-state index in [0.717, 1.165) is 12.8 Å². The average molecular weight is 444 g/mol. The number of rotatable bonds is 5. The van der Waals surface area contributed by atoms with E-state index in [4.69, 9.17) is 0 Å². The number of hydrogen-bond donors (Lipinski definition) is 3. The number of anilines is 1. The van der Waals surface area contributed by atoms with Gasteiger partial charge >= 0.3 is 12.4 Å². The molecule has 0 unspecified atom stereocenters. The third kappa shape index (κ3) is 4.06. The van der Waals surface area contributed by atoms with Crippen LogP contribution >= 0.6 is 0 Å². The molecule has 0 radical (unpaired) electrons. The number of benzene rings is 1. The molecule has 1 saturated heterocycles. The summed E-state index contributed by atoms with van der Waals surface area (Å²) in [6, 6.07) is 6.81. The Morgan fingerprint density at radius 2 is 2.00 bits per heavy atom. The van der Waals surface area contributed by atoms with Crippen molar-refractivity contribution in [1.29, 1.82) is 0 Å². The fourth-order valence-electron chi connectivity index (χ4n) is 3.26. The molecule has 3 heterocycles. The average Bonchev–Trinajstić information content (AvgIpc) is 3.35. The molecule has 9 nitrogen and oxygen atoms in total. The van der Waals surface area contributed by atoms with Gasteiger partial charge in [-0.15, -0.1) is 13.2 Å². The minimum Gasteiger partial charge on any atom is -0.406 e. The number of nitrogens with zero attached hydrogens (tertiary/aromatic N) is 3. The number of aromatic nitrogens is 3. The van der Waals surface area contributed by atoms with Crippen LogP contribution in [-0.4, -0.2) is 38.9 Å². The summed E-state index contributed by atoms with van der Waals surface area (Å²) in [6.45, 7) is 0. The van der Waals surface area contributed by atoms with Crippen LogP contribution in [0.4, 0.5) is 23.8 Å². The molecule has 164 valence electrons. The Morgan fingerprint density at radius 3 is 2.69 bits per heavy atom. The monoisotopic (exact) mass is 444 g/mol. The lowest BCUT2D eigenvalue weighted by Crippen LogP contribution is -2.22. The summed E-state index contributed by atoms with van der Waals surface area (Å²) in [6.07, 6.45) is 0.0736. The van der Waals surface area contributed by atoms with Gasteiger partial charge in [-0.05, 0) is 31.1 Å². The molecule has 32 heavy (non-hydrogen) atoms. The predicted molar refractivity (Wildman–Crippen MR) is 106 cm³/mol. The molecule has 3 aromatic rings. The number of ether oxygens (including phenoxy) is 1. The first kappa shape index (κ1) is 19.8. The van der Waals surface area contributed by atoms with Gasteiger partial charge in [-0.2, -0.15) is 9.61 Å². The Morgan fingerprint density at radius 1 is 1.19 bits per heavy atom. The van der Waals surface area contributed by atoms with Gasteiger partial charge in [0, 0.05) is 23.2 Å². The number of carbonyl (C=O) groups excluding carboxylic acids is 2. The van der Waals surface area contributed by atoms with Crippen LogP contribution in [0.15, 0.2) is 42.2 Å². The molecule has 5 rings (SSSR count). The van der Waals surface area contributed by atoms with E-state index in [-0.39, 0.29) is 17.5 Å². The van der Waals surface area contributed by atoms with Gasteiger partial charge in [0.15, 0.2) is 5.65 Å². The van der Waals surface area contributed by atoms with E-state index >= 15 is 0 Å². The largest absolute Gasteiger partial charge is 0.573 e. The summed E-state index contributed by atoms with van der Waals surface area (Å²) in [5.74, 6) is -0.354. The number of nitrogens with one attached hydrogen (secondary N) is 3. The summed E-state index contributed by atoms with van der Waals surface area (Å²) < 4.78 is 43.5. The van der Waals surface area contributed by atoms with Crippen molar-refractivity contribution in [3.05, 3.63) is 47.8 Å². The maximum Gasteiger partial charge on any atom is 0.573 e. The van der Waals surface area contributed by atoms with E-state index in [1.807, 2.05) is 0 Å². The molecule has 1 aromatic carbocycles. The Hall–Kier alpha value is -4.09. The smallest absolute Gasteiger partial charge is 0.406 e. The number of alkyl halides is 3. The van der Waals surface area contributed by atoms with E-state index in [1.54, 1.807) is 16.6 Å². The Bertz CT molecular complexity index is 1280. The zero-order valence-electron chi connectivity index (χ0n) is 16.2. The van der Waals surface area contributed by atoms with Gasteiger partial charge < -0.3 is 15.4 Å². The zero-order valence-corrected chi connectivity index (χ0v) is 16.2. The van der Waals surface area contributed by atoms with E-state index in [0.29, 0.717) is 28.3 Å². The standard InChI is InChI=1S/C20H15F3N6O3/c21-20(22,23)32-13-3-1-2-10(6-13)14-8-16(25-12-4-5-12)29-17(26-14)11(9-24-29)7-15-18(30)28-19(31)27-15/h1-3,6-9,12,25H,4-5H2,(H2,27,28,30,31). The van der Waals surface area contributed by atoms with Gasteiger partial charge in [-0.3, -0.25) is 10.1 Å². The van der Waals surface area contributed by atoms with Crippen molar-refractivity contribution in [3.63, 3.8) is 0 Å². The summed E-state index contributed by atoms with van der Waals surface area (Å²) in [5.41, 5.74) is 1.62. The fourth-order valence-corrected chi connectivity index (χ4v) is 3.26. The molecule has 2 fully saturated rings. The number of imide groups is 1. The molecule has 0 bridgehead atoms. The highest BCUT2D eigenvalue weighted by Gasteiger charge is 2.31. The highest BCUT2D eigenvalue weighted by Crippen LogP contribution is 2.31. The topological polar surface area (TPSA) is 110 Å². The Balaban J connectivity index is 1.60. The van der Waals surface area contributed by atoms with Crippen LogP contribution in [0.3, 0.4) is 0 Å². The Kier molecular flexibility index (Phi) is 4.50. The van der Waals surface area contributed by atoms with E-state index in [1.165, 1.54) is 30.5 Å². The SMILES string of the molecule is O=C1NC(=O)C(=Cc2cnn3c(NC4CC4)cc(-c4cccc(OC(F)(F)F)c4)nc23)N1. The van der Waals surface area contributed by atoms with Crippen molar-refractivity contribution in [2.75, 3.05) is 5.32 Å². The molecule has 1 aliphatic heterocycles. The number of amides is 3. The lowest BCUT2D eigenvalue weighted by atomic mass is 10.1. The van der Waals surface area contributed by atoms with Crippen molar-refractivity contribution < 1.29 is 27.5 Å². The van der Waals surface area contributed by atoms with Crippen LogP contribution in [-0.2, 0) is 4.79 Å². The summed E-state index contributed by atoms with van der Waals surface area (Å²) in [4.78, 5) is 27.8. The first-order valence-electron chi connectivity index (χ1n) is 9.61. The van der Waals surface area contributed by atoms with E-state index < -0.39 is 18.3 Å². The van der Waals surface area contributed by atoms with Crippen LogP contribution in [0.2, 0.25) is 0 Å². The number of hydrogen-bond acceptors (Lipinski definition) is 6. The highest BCUT2D eigenvalue weighted by atomic mass is 19.4. The fraction of sp³-hybridized carbons (Fsp3) is 0.200. The third-order valence-electron chi connectivity index (χ3n) is 4.81. The number of fused-ring (bicyclic) bond motifs is 1. The summed E-state index contributed by atoms with van der Waals surface area (Å²) in [7, 11) is 0. The molecule has 1 aliphatic carbocycles. The summed E-state index contributed by atoms with van der Waals surface area (Å²) >= 11 is 0. The number of carbonyl (C=O) groups is 2. The zero-order chi connectivity index (χ0) is 22.5. The van der Waals surface area contributed by atoms with Crippen molar-refractivity contribution in [1.82, 2.24) is 25.2 Å². The lowest BCUT2D eigenvalue weighted by Gasteiger charge is -2.12. The van der Waals surface area contributed by atoms with Crippen molar-refractivity contribution >= 4 is 29.5 Å². The molecular weight excluding hydrogens is 429 g/mol. The lowest BCUT2D eigenvalue weighted by molar-refractivity contribution is -0.274. The minimum atomic E-state index is -4.81. The van der Waals surface area contributed by atoms with Crippen molar-refractivity contribution in [3.8, 4) is 17.0 Å². The first-order valence-corrected chi connectivity index (χ1v) is 9.61. The quantitative estimate of drug-likeness (QED) is 0.412. The first-order chi connectivity index (χ1) is 15.2. The van der Waals surface area contributed by atoms with Gasteiger partial charge in [-0.25, -0.2) is 9.78 Å². The second-order valence-electron chi connectivity index (χ2n) is 7.32. The van der Waals surface area contributed by atoms with Crippen LogP contribution in [0.25, 0.3) is 23.0 Å². The van der Waals surface area contributed by atoms with Crippen LogP contribution in [0.5, 0.6) is 5.75 Å². The van der Waals surface area contributed by atoms with Gasteiger partial charge in [0.2, 0.25) is 0 Å². The van der Waals surface area contributed by atoms with Gasteiger partial charge in [0.1, 0.15) is 17.3 Å². The number of urea groups is 1. The van der Waals surface area contributed by atoms with Crippen LogP contribution in [0.1, 0.15) is 18.4 Å². The normalized spacial score (nSPS) is 17.5. The minimum absolute atomic E-state index is 0.0365. The van der Waals surface area contributed by atoms with Gasteiger partial charge in [-0.1, -0.05) is 12.1 Å². The van der Waals surface area contributed by atoms with Gasteiger partial charge in [0.05, 0.1) is 11.9 Å². The molecular formula is C20H15F3N6O3. The second kappa shape index (κ2) is 7.25. The second-order valence-corrected chi connectivity index (χ2v) is 7.32. The molecule has 12 heteroatoms. The molecule has 1 saturated carbocycles. The van der Waals surface area contributed by atoms with Crippen molar-refractivity contribution in [2.45, 2.75) is 25.2 Å². The van der Waals surface area contributed by atoms with E-state index in [2.05, 4.69) is 30.8 Å². The highest BCUT2D eigenvalue weighted by molar-refractivity contribution is 6.14. The maximum absolute atomic E-state index is 12.6. The number of halogens is 3. The Labute approximate surface area is 178 Å². The molecule has 2 aliphatic rings. The molecule has 3 amide bonds. The van der Waals surface area contributed by atoms with Gasteiger partial charge in [0.25, 0.3) is 5.91 Å². The predicted octanol–water partition coefficient (Wildman–Crippen LogP) is 3.05. The molecule has 0 atom stereocenters. The summed E-state index contributed by atoms with van der Waals surface area (Å²) in [5, 5.41) is 12.1.